The van der Waals surface area contributed by atoms with E-state index in [1.54, 1.807) is 0 Å². The summed E-state index contributed by atoms with van der Waals surface area (Å²) in [6, 6.07) is 12.7. The average molecular weight is 478 g/mol. The van der Waals surface area contributed by atoms with Crippen LogP contribution >= 0.6 is 11.8 Å². The second-order valence-corrected chi connectivity index (χ2v) is 9.17. The van der Waals surface area contributed by atoms with Crippen LogP contribution in [0.1, 0.15) is 61.4 Å². The Kier molecular flexibility index (Phi) is 9.33. The first-order chi connectivity index (χ1) is 16.5. The van der Waals surface area contributed by atoms with E-state index in [4.69, 9.17) is 9.72 Å². The minimum Gasteiger partial charge on any atom is -0.378 e. The Morgan fingerprint density at radius 3 is 2.35 bits per heavy atom. The first-order valence-corrected chi connectivity index (χ1v) is 12.7. The van der Waals surface area contributed by atoms with Crippen molar-refractivity contribution in [3.8, 4) is 12.1 Å². The van der Waals surface area contributed by atoms with Crippen molar-refractivity contribution in [3.05, 3.63) is 52.1 Å². The highest BCUT2D eigenvalue weighted by atomic mass is 32.2. The molecule has 1 amide bonds. The maximum atomic E-state index is 11.1. The van der Waals surface area contributed by atoms with Crippen LogP contribution in [0.15, 0.2) is 29.3 Å². The van der Waals surface area contributed by atoms with Crippen LogP contribution in [0.5, 0.6) is 0 Å². The molecule has 0 radical (unpaired) electrons. The summed E-state index contributed by atoms with van der Waals surface area (Å²) in [5.41, 5.74) is 3.92. The summed E-state index contributed by atoms with van der Waals surface area (Å²) in [7, 11) is 0. The van der Waals surface area contributed by atoms with E-state index < -0.39 is 0 Å². The molecule has 0 aliphatic carbocycles. The number of carbonyl (C=O) groups is 1. The van der Waals surface area contributed by atoms with Crippen molar-refractivity contribution in [1.29, 1.82) is 10.5 Å². The lowest BCUT2D eigenvalue weighted by atomic mass is 10.0. The van der Waals surface area contributed by atoms with Crippen molar-refractivity contribution in [2.45, 2.75) is 63.5 Å². The highest BCUT2D eigenvalue weighted by Crippen LogP contribution is 2.34. The number of hydrogen-bond acceptors (Lipinski definition) is 7. The number of nitrogens with zero attached hydrogens (tertiary/aromatic N) is 4. The van der Waals surface area contributed by atoms with Gasteiger partial charge in [0.25, 0.3) is 0 Å². The number of amides is 1. The van der Waals surface area contributed by atoms with Crippen LogP contribution in [0.3, 0.4) is 0 Å². The molecule has 1 aliphatic heterocycles. The second kappa shape index (κ2) is 12.4. The quantitative estimate of drug-likeness (QED) is 0.537. The number of thioether (sulfide) groups is 1. The van der Waals surface area contributed by atoms with Gasteiger partial charge in [-0.15, -0.1) is 11.8 Å². The third-order valence-electron chi connectivity index (χ3n) is 5.91. The zero-order chi connectivity index (χ0) is 24.5. The number of nitrogens with one attached hydrogen (secondary N) is 1. The van der Waals surface area contributed by atoms with Gasteiger partial charge in [0.1, 0.15) is 23.0 Å². The van der Waals surface area contributed by atoms with E-state index >= 15 is 0 Å². The van der Waals surface area contributed by atoms with Crippen LogP contribution in [0.4, 0.5) is 5.82 Å². The molecule has 1 saturated heterocycles. The average Bonchev–Trinajstić information content (AvgIpc) is 2.86. The Bertz CT molecular complexity index is 1080. The molecule has 1 aromatic carbocycles. The predicted molar refractivity (Wildman–Crippen MR) is 133 cm³/mol. The van der Waals surface area contributed by atoms with Crippen LogP contribution in [0.2, 0.25) is 0 Å². The lowest BCUT2D eigenvalue weighted by Crippen LogP contribution is -2.38. The molecule has 1 fully saturated rings. The molecular formula is C26H31N5O2S. The highest BCUT2D eigenvalue weighted by molar-refractivity contribution is 7.98. The topological polar surface area (TPSA) is 102 Å². The van der Waals surface area contributed by atoms with Crippen molar-refractivity contribution in [1.82, 2.24) is 10.3 Å². The lowest BCUT2D eigenvalue weighted by molar-refractivity contribution is -0.119. The third-order valence-corrected chi connectivity index (χ3v) is 6.96. The lowest BCUT2D eigenvalue weighted by Gasteiger charge is -2.33. The fourth-order valence-corrected chi connectivity index (χ4v) is 5.08. The van der Waals surface area contributed by atoms with Gasteiger partial charge in [-0.3, -0.25) is 4.79 Å². The summed E-state index contributed by atoms with van der Waals surface area (Å²) in [5.74, 6) is 1.28. The Hall–Kier alpha value is -3.07. The van der Waals surface area contributed by atoms with Gasteiger partial charge in [-0.05, 0) is 42.9 Å². The number of piperidine rings is 1. The Labute approximate surface area is 206 Å². The maximum absolute atomic E-state index is 11.1. The number of aromatic nitrogens is 1. The zero-order valence-electron chi connectivity index (χ0n) is 20.1. The van der Waals surface area contributed by atoms with E-state index in [1.165, 1.54) is 18.7 Å². The van der Waals surface area contributed by atoms with Gasteiger partial charge in [0, 0.05) is 38.9 Å². The van der Waals surface area contributed by atoms with Gasteiger partial charge in [-0.25, -0.2) is 4.98 Å². The Balaban J connectivity index is 1.83. The summed E-state index contributed by atoms with van der Waals surface area (Å²) < 4.78 is 5.77. The predicted octanol–water partition coefficient (Wildman–Crippen LogP) is 4.32. The van der Waals surface area contributed by atoms with Gasteiger partial charge in [-0.1, -0.05) is 31.2 Å². The summed E-state index contributed by atoms with van der Waals surface area (Å²) >= 11 is 1.52. The summed E-state index contributed by atoms with van der Waals surface area (Å²) in [4.78, 5) is 18.1. The molecule has 3 rings (SSSR count). The molecule has 2 aromatic rings. The normalized spacial score (nSPS) is 13.9. The molecule has 0 spiro atoms. The second-order valence-electron chi connectivity index (χ2n) is 8.20. The van der Waals surface area contributed by atoms with Gasteiger partial charge < -0.3 is 15.0 Å². The smallest absolute Gasteiger partial charge is 0.217 e. The first kappa shape index (κ1) is 25.6. The molecular weight excluding hydrogens is 446 g/mol. The molecule has 0 bridgehead atoms. The fraction of sp³-hybridized carbons (Fsp3) is 0.462. The number of pyridine rings is 1. The number of benzene rings is 1. The van der Waals surface area contributed by atoms with Crippen LogP contribution < -0.4 is 10.2 Å². The molecule has 8 heteroatoms. The molecule has 7 nitrogen and oxygen atoms in total. The summed E-state index contributed by atoms with van der Waals surface area (Å²) in [6.07, 6.45) is 2.64. The molecule has 0 unspecified atom stereocenters. The first-order valence-electron chi connectivity index (χ1n) is 11.7. The van der Waals surface area contributed by atoms with E-state index in [0.717, 1.165) is 42.6 Å². The maximum Gasteiger partial charge on any atom is 0.217 e. The van der Waals surface area contributed by atoms with E-state index in [0.29, 0.717) is 47.3 Å². The molecule has 1 aromatic heterocycles. The minimum atomic E-state index is -0.0554. The summed E-state index contributed by atoms with van der Waals surface area (Å²) in [6.45, 7) is 8.26. The third kappa shape index (κ3) is 6.28. The van der Waals surface area contributed by atoms with Crippen molar-refractivity contribution >= 4 is 23.5 Å². The molecule has 34 heavy (non-hydrogen) atoms. The minimum absolute atomic E-state index is 0.0554. The van der Waals surface area contributed by atoms with Crippen molar-refractivity contribution in [2.24, 2.45) is 0 Å². The molecule has 0 saturated carbocycles. The van der Waals surface area contributed by atoms with Gasteiger partial charge >= 0.3 is 0 Å². The van der Waals surface area contributed by atoms with Crippen LogP contribution in [-0.4, -0.2) is 36.7 Å². The van der Waals surface area contributed by atoms with Crippen LogP contribution in [0, 0.1) is 22.7 Å². The highest BCUT2D eigenvalue weighted by Gasteiger charge is 2.26. The zero-order valence-corrected chi connectivity index (χ0v) is 20.9. The molecule has 1 aliphatic rings. The van der Waals surface area contributed by atoms with Crippen molar-refractivity contribution < 1.29 is 9.53 Å². The van der Waals surface area contributed by atoms with Gasteiger partial charge in [0.2, 0.25) is 5.91 Å². The molecule has 1 N–H and O–H groups in total. The van der Waals surface area contributed by atoms with Gasteiger partial charge in [0.05, 0.1) is 17.2 Å². The van der Waals surface area contributed by atoms with E-state index in [1.807, 2.05) is 38.1 Å². The van der Waals surface area contributed by atoms with Crippen LogP contribution in [-0.2, 0) is 28.2 Å². The standard InChI is InChI=1S/C26H31N5O2S/c1-4-22-23(14-27)25(31-12-10-21(11-13-31)33-5-2)30-26(24(22)15-28)34-17-20-8-6-19(7-9-20)16-29-18(3)32/h6-9,21H,4-5,10-13,16-17H2,1-3H3,(H,29,32). The number of hydrogen-bond donors (Lipinski definition) is 1. The van der Waals surface area contributed by atoms with E-state index in [-0.39, 0.29) is 12.0 Å². The molecule has 2 heterocycles. The Morgan fingerprint density at radius 2 is 1.79 bits per heavy atom. The SMILES string of the molecule is CCOC1CCN(c2nc(SCc3ccc(CNC(C)=O)cc3)c(C#N)c(CC)c2C#N)CC1. The largest absolute Gasteiger partial charge is 0.378 e. The van der Waals surface area contributed by atoms with E-state index in [9.17, 15) is 15.3 Å². The number of nitriles is 2. The fourth-order valence-electron chi connectivity index (χ4n) is 4.12. The number of carbonyl (C=O) groups excluding carboxylic acids is 1. The van der Waals surface area contributed by atoms with Gasteiger partial charge in [-0.2, -0.15) is 10.5 Å². The number of anilines is 1. The van der Waals surface area contributed by atoms with Crippen molar-refractivity contribution in [2.75, 3.05) is 24.6 Å². The monoisotopic (exact) mass is 477 g/mol. The number of rotatable bonds is 9. The molecule has 0 atom stereocenters. The Morgan fingerprint density at radius 1 is 1.15 bits per heavy atom. The molecule has 178 valence electrons. The number of ether oxygens (including phenoxy) is 1. The van der Waals surface area contributed by atoms with Crippen molar-refractivity contribution in [3.63, 3.8) is 0 Å². The van der Waals surface area contributed by atoms with Gasteiger partial charge in [0.15, 0.2) is 0 Å². The van der Waals surface area contributed by atoms with E-state index in [2.05, 4.69) is 22.4 Å². The van der Waals surface area contributed by atoms with Crippen LogP contribution in [0.25, 0.3) is 0 Å². The summed E-state index contributed by atoms with van der Waals surface area (Å²) in [5, 5.41) is 23.3.